The Labute approximate surface area is 122 Å². The lowest BCUT2D eigenvalue weighted by Crippen LogP contribution is -2.46. The number of non-ortho nitro benzene ring substituents is 1. The van der Waals surface area contributed by atoms with Gasteiger partial charge in [0.15, 0.2) is 0 Å². The average Bonchev–Trinajstić information content (AvgIpc) is 2.37. The number of carbonyl (C=O) groups is 2. The molecule has 0 aliphatic heterocycles. The van der Waals surface area contributed by atoms with Gasteiger partial charge in [-0.05, 0) is 11.5 Å². The molecular weight excluding hydrogens is 274 g/mol. The summed E-state index contributed by atoms with van der Waals surface area (Å²) in [6, 6.07) is 4.97. The van der Waals surface area contributed by atoms with Crippen LogP contribution in [0, 0.1) is 16.0 Å². The van der Waals surface area contributed by atoms with E-state index in [1.165, 1.54) is 12.1 Å². The topological polar surface area (TPSA) is 115 Å². The molecule has 1 rings (SSSR count). The van der Waals surface area contributed by atoms with Gasteiger partial charge in [-0.1, -0.05) is 26.0 Å². The Morgan fingerprint density at radius 3 is 2.29 bits per heavy atom. The maximum atomic E-state index is 11.7. The summed E-state index contributed by atoms with van der Waals surface area (Å²) in [5.74, 6) is -0.695. The molecule has 0 aliphatic carbocycles. The molecule has 0 radical (unpaired) electrons. The Kier molecular flexibility index (Phi) is 5.83. The van der Waals surface area contributed by atoms with Gasteiger partial charge in [0.1, 0.15) is 6.04 Å². The summed E-state index contributed by atoms with van der Waals surface area (Å²) in [5.41, 5.74) is 5.94. The fourth-order valence-electron chi connectivity index (χ4n) is 1.84. The van der Waals surface area contributed by atoms with Crippen molar-refractivity contribution < 1.29 is 14.5 Å². The quantitative estimate of drug-likeness (QED) is 0.579. The van der Waals surface area contributed by atoms with Crippen molar-refractivity contribution in [2.24, 2.45) is 11.7 Å². The van der Waals surface area contributed by atoms with Crippen molar-refractivity contribution in [3.63, 3.8) is 0 Å². The third-order valence-corrected chi connectivity index (χ3v) is 2.86. The van der Waals surface area contributed by atoms with Crippen molar-refractivity contribution in [3.05, 3.63) is 39.9 Å². The van der Waals surface area contributed by atoms with Crippen LogP contribution in [0.2, 0.25) is 0 Å². The Bertz CT molecular complexity index is 526. The second-order valence-corrected chi connectivity index (χ2v) is 5.25. The van der Waals surface area contributed by atoms with Crippen molar-refractivity contribution in [2.45, 2.75) is 32.7 Å². The van der Waals surface area contributed by atoms with Gasteiger partial charge < -0.3 is 11.1 Å². The van der Waals surface area contributed by atoms with E-state index in [-0.39, 0.29) is 23.9 Å². The van der Waals surface area contributed by atoms with Gasteiger partial charge in [0, 0.05) is 25.0 Å². The highest BCUT2D eigenvalue weighted by molar-refractivity contribution is 5.86. The molecule has 7 heteroatoms. The van der Waals surface area contributed by atoms with Gasteiger partial charge in [0.25, 0.3) is 5.69 Å². The van der Waals surface area contributed by atoms with E-state index in [4.69, 9.17) is 5.73 Å². The van der Waals surface area contributed by atoms with Gasteiger partial charge in [0.05, 0.1) is 4.92 Å². The number of nitro groups is 1. The van der Waals surface area contributed by atoms with Crippen LogP contribution in [-0.4, -0.2) is 22.8 Å². The third-order valence-electron chi connectivity index (χ3n) is 2.86. The lowest BCUT2D eigenvalue weighted by Gasteiger charge is -2.16. The molecule has 0 saturated heterocycles. The number of nitrogens with one attached hydrogen (secondary N) is 1. The zero-order valence-electron chi connectivity index (χ0n) is 12.0. The molecule has 1 atom stereocenters. The minimum absolute atomic E-state index is 0.0294. The number of nitrogens with zero attached hydrogens (tertiary/aromatic N) is 1. The largest absolute Gasteiger partial charge is 0.368 e. The van der Waals surface area contributed by atoms with E-state index in [9.17, 15) is 19.7 Å². The maximum absolute atomic E-state index is 11.7. The summed E-state index contributed by atoms with van der Waals surface area (Å²) in [6.45, 7) is 3.80. The molecule has 0 aromatic heterocycles. The van der Waals surface area contributed by atoms with E-state index in [2.05, 4.69) is 5.32 Å². The van der Waals surface area contributed by atoms with Crippen LogP contribution < -0.4 is 11.1 Å². The second-order valence-electron chi connectivity index (χ2n) is 5.25. The van der Waals surface area contributed by atoms with E-state index < -0.39 is 16.9 Å². The van der Waals surface area contributed by atoms with Gasteiger partial charge in [0.2, 0.25) is 11.8 Å². The first kappa shape index (κ1) is 16.6. The third kappa shape index (κ3) is 5.60. The molecule has 1 aromatic rings. The fraction of sp³-hybridized carbons (Fsp3) is 0.429. The molecule has 2 amide bonds. The highest BCUT2D eigenvalue weighted by Crippen LogP contribution is 2.13. The second kappa shape index (κ2) is 7.37. The molecule has 0 bridgehead atoms. The van der Waals surface area contributed by atoms with Gasteiger partial charge >= 0.3 is 0 Å². The molecule has 0 aliphatic rings. The predicted molar refractivity (Wildman–Crippen MR) is 77.4 cm³/mol. The van der Waals surface area contributed by atoms with E-state index in [1.807, 2.05) is 13.8 Å². The molecule has 3 N–H and O–H groups in total. The maximum Gasteiger partial charge on any atom is 0.269 e. The first-order valence-electron chi connectivity index (χ1n) is 6.61. The summed E-state index contributed by atoms with van der Waals surface area (Å²) in [6.07, 6.45) is 0.515. The average molecular weight is 293 g/mol. The molecule has 0 heterocycles. The number of nitrogens with two attached hydrogens (primary N) is 1. The van der Waals surface area contributed by atoms with Gasteiger partial charge in [-0.25, -0.2) is 0 Å². The molecule has 1 aromatic carbocycles. The molecular formula is C14H19N3O4. The number of primary amides is 1. The lowest BCUT2D eigenvalue weighted by atomic mass is 10.0. The Hall–Kier alpha value is -2.44. The first-order valence-corrected chi connectivity index (χ1v) is 6.61. The minimum atomic E-state index is -0.822. The summed E-state index contributed by atoms with van der Waals surface area (Å²) in [4.78, 5) is 33.2. The summed E-state index contributed by atoms with van der Waals surface area (Å²) < 4.78 is 0. The van der Waals surface area contributed by atoms with Crippen LogP contribution in [0.25, 0.3) is 0 Å². The van der Waals surface area contributed by atoms with Crippen LogP contribution in [0.1, 0.15) is 25.8 Å². The zero-order chi connectivity index (χ0) is 16.0. The zero-order valence-corrected chi connectivity index (χ0v) is 12.0. The highest BCUT2D eigenvalue weighted by Gasteiger charge is 2.19. The van der Waals surface area contributed by atoms with Crippen molar-refractivity contribution >= 4 is 17.5 Å². The molecule has 21 heavy (non-hydrogen) atoms. The Morgan fingerprint density at radius 2 is 1.86 bits per heavy atom. The SMILES string of the molecule is CC(C)CC(=O)N[C@H](Cc1ccc([N+](=O)[O-])cc1)C(N)=O. The normalized spacial score (nSPS) is 12.0. The van der Waals surface area contributed by atoms with E-state index >= 15 is 0 Å². The number of benzene rings is 1. The summed E-state index contributed by atoms with van der Waals surface area (Å²) in [7, 11) is 0. The number of carbonyl (C=O) groups excluding carboxylic acids is 2. The molecule has 0 saturated carbocycles. The van der Waals surface area contributed by atoms with Crippen LogP contribution in [0.15, 0.2) is 24.3 Å². The molecule has 7 nitrogen and oxygen atoms in total. The number of nitro benzene ring substituents is 1. The van der Waals surface area contributed by atoms with Crippen LogP contribution in [0.3, 0.4) is 0 Å². The van der Waals surface area contributed by atoms with Crippen LogP contribution in [0.5, 0.6) is 0 Å². The van der Waals surface area contributed by atoms with E-state index in [1.54, 1.807) is 12.1 Å². The van der Waals surface area contributed by atoms with E-state index in [0.29, 0.717) is 12.0 Å². The van der Waals surface area contributed by atoms with Crippen molar-refractivity contribution in [2.75, 3.05) is 0 Å². The first-order chi connectivity index (χ1) is 9.79. The minimum Gasteiger partial charge on any atom is -0.368 e. The molecule has 114 valence electrons. The number of hydrogen-bond acceptors (Lipinski definition) is 4. The van der Waals surface area contributed by atoms with Crippen LogP contribution in [0.4, 0.5) is 5.69 Å². The van der Waals surface area contributed by atoms with Crippen molar-refractivity contribution in [1.82, 2.24) is 5.32 Å². The number of hydrogen-bond donors (Lipinski definition) is 2. The molecule has 0 spiro atoms. The number of rotatable bonds is 7. The van der Waals surface area contributed by atoms with Gasteiger partial charge in [-0.2, -0.15) is 0 Å². The molecule has 0 fully saturated rings. The van der Waals surface area contributed by atoms with Crippen molar-refractivity contribution in [3.8, 4) is 0 Å². The van der Waals surface area contributed by atoms with Crippen molar-refractivity contribution in [1.29, 1.82) is 0 Å². The highest BCUT2D eigenvalue weighted by atomic mass is 16.6. The summed E-state index contributed by atoms with van der Waals surface area (Å²) in [5, 5.41) is 13.2. The van der Waals surface area contributed by atoms with Crippen LogP contribution >= 0.6 is 0 Å². The Morgan fingerprint density at radius 1 is 1.29 bits per heavy atom. The van der Waals surface area contributed by atoms with Gasteiger partial charge in [-0.3, -0.25) is 19.7 Å². The fourth-order valence-corrected chi connectivity index (χ4v) is 1.84. The number of amides is 2. The van der Waals surface area contributed by atoms with Gasteiger partial charge in [-0.15, -0.1) is 0 Å². The van der Waals surface area contributed by atoms with E-state index in [0.717, 1.165) is 0 Å². The summed E-state index contributed by atoms with van der Waals surface area (Å²) >= 11 is 0. The lowest BCUT2D eigenvalue weighted by molar-refractivity contribution is -0.384. The smallest absolute Gasteiger partial charge is 0.269 e. The molecule has 0 unspecified atom stereocenters. The monoisotopic (exact) mass is 293 g/mol. The Balaban J connectivity index is 2.72. The predicted octanol–water partition coefficient (Wildman–Crippen LogP) is 1.15. The standard InChI is InChI=1S/C14H19N3O4/c1-9(2)7-13(18)16-12(14(15)19)8-10-3-5-11(6-4-10)17(20)21/h3-6,9,12H,7-8H2,1-2H3,(H2,15,19)(H,16,18)/t12-/m1/s1. The van der Waals surface area contributed by atoms with Crippen LogP contribution in [-0.2, 0) is 16.0 Å².